The minimum Gasteiger partial charge on any atom is -0.467 e. The molecule has 0 aliphatic carbocycles. The molecule has 0 radical (unpaired) electrons. The topological polar surface area (TPSA) is 137 Å². The molecular formula is C12H11N5O4S. The van der Waals surface area contributed by atoms with Crippen LogP contribution in [0.3, 0.4) is 0 Å². The number of nitrogens with one attached hydrogen (secondary N) is 1. The van der Waals surface area contributed by atoms with Crippen LogP contribution in [0.25, 0.3) is 10.8 Å². The lowest BCUT2D eigenvalue weighted by Crippen LogP contribution is -2.14. The monoisotopic (exact) mass is 321 g/mol. The first kappa shape index (κ1) is 14.4. The average molecular weight is 321 g/mol. The van der Waals surface area contributed by atoms with E-state index in [1.165, 1.54) is 19.2 Å². The van der Waals surface area contributed by atoms with Crippen LogP contribution in [-0.4, -0.2) is 30.5 Å². The summed E-state index contributed by atoms with van der Waals surface area (Å²) in [4.78, 5) is 23.4. The third-order valence-corrected chi connectivity index (χ3v) is 3.98. The molecule has 1 aromatic heterocycles. The first-order valence-corrected chi connectivity index (χ1v) is 7.64. The van der Waals surface area contributed by atoms with Crippen LogP contribution in [0.4, 0.5) is 11.6 Å². The van der Waals surface area contributed by atoms with Crippen LogP contribution in [0.2, 0.25) is 0 Å². The van der Waals surface area contributed by atoms with Crippen molar-refractivity contribution in [3.8, 4) is 6.01 Å². The number of hydrogen-bond acceptors (Lipinski definition) is 8. The molecular weight excluding hydrogens is 310 g/mol. The van der Waals surface area contributed by atoms with Crippen LogP contribution in [0.1, 0.15) is 5.82 Å². The number of primary sulfonamides is 1. The smallest absolute Gasteiger partial charge is 0.321 e. The Kier molecular flexibility index (Phi) is 3.07. The molecule has 3 N–H and O–H groups in total. The van der Waals surface area contributed by atoms with Crippen molar-refractivity contribution in [3.63, 3.8) is 0 Å². The van der Waals surface area contributed by atoms with Crippen molar-refractivity contribution in [3.05, 3.63) is 28.2 Å². The summed E-state index contributed by atoms with van der Waals surface area (Å²) in [6.07, 6.45) is 0. The number of sulfonamides is 1. The predicted molar refractivity (Wildman–Crippen MR) is 78.4 cm³/mol. The van der Waals surface area contributed by atoms with Gasteiger partial charge < -0.3 is 10.1 Å². The van der Waals surface area contributed by atoms with Gasteiger partial charge in [0.05, 0.1) is 18.2 Å². The third kappa shape index (κ3) is 2.38. The quantitative estimate of drug-likeness (QED) is 0.683. The maximum absolute atomic E-state index is 11.7. The maximum Gasteiger partial charge on any atom is 0.321 e. The van der Waals surface area contributed by atoms with E-state index >= 15 is 0 Å². The Morgan fingerprint density at radius 2 is 1.95 bits per heavy atom. The summed E-state index contributed by atoms with van der Waals surface area (Å²) in [7, 11) is -2.62. The van der Waals surface area contributed by atoms with E-state index in [4.69, 9.17) is 9.88 Å². The second-order valence-corrected chi connectivity index (χ2v) is 6.08. The Balaban J connectivity index is 2.14. The van der Waals surface area contributed by atoms with Gasteiger partial charge in [-0.3, -0.25) is 4.79 Å². The first-order valence-electron chi connectivity index (χ1n) is 6.09. The molecule has 1 heterocycles. The molecule has 0 amide bonds. The van der Waals surface area contributed by atoms with Gasteiger partial charge in [-0.1, -0.05) is 0 Å². The Morgan fingerprint density at radius 3 is 2.59 bits per heavy atom. The Bertz CT molecular complexity index is 1000. The number of nitrogens with zero attached hydrogens (tertiary/aromatic N) is 3. The summed E-state index contributed by atoms with van der Waals surface area (Å²) in [5, 5.41) is 8.61. The van der Waals surface area contributed by atoms with Gasteiger partial charge in [-0.05, 0) is 19.1 Å². The maximum atomic E-state index is 11.7. The molecule has 2 aromatic carbocycles. The van der Waals surface area contributed by atoms with Crippen LogP contribution in [-0.2, 0) is 10.0 Å². The van der Waals surface area contributed by atoms with Crippen molar-refractivity contribution in [1.29, 1.82) is 0 Å². The number of rotatable bonds is 4. The van der Waals surface area contributed by atoms with Crippen molar-refractivity contribution in [2.24, 2.45) is 5.14 Å². The molecule has 3 rings (SSSR count). The zero-order valence-corrected chi connectivity index (χ0v) is 12.4. The fraction of sp³-hybridized carbons (Fsp3) is 0.167. The van der Waals surface area contributed by atoms with E-state index in [0.717, 1.165) is 0 Å². The van der Waals surface area contributed by atoms with Gasteiger partial charge in [0.2, 0.25) is 16.0 Å². The summed E-state index contributed by atoms with van der Waals surface area (Å²) in [5.74, 6) is 0.428. The van der Waals surface area contributed by atoms with E-state index in [1.54, 1.807) is 6.92 Å². The summed E-state index contributed by atoms with van der Waals surface area (Å²) in [6.45, 7) is 1.62. The molecule has 0 atom stereocenters. The highest BCUT2D eigenvalue weighted by Gasteiger charge is 2.25. The lowest BCUT2D eigenvalue weighted by molar-refractivity contribution is 0.377. The standard InChI is InChI=1S/C12H11N5O4S/c1-5-14-11(17-12(15-5)21-2)16-9-7(22(13,19)20)4-3-6-8(9)10(6)18/h3-4H,1-2H3,(H2,13,19,20)(H,14,15,16,17). The number of aryl methyl sites for hydroxylation is 1. The van der Waals surface area contributed by atoms with Crippen molar-refractivity contribution in [2.45, 2.75) is 11.8 Å². The molecule has 0 saturated heterocycles. The number of methoxy groups -OCH3 is 1. The van der Waals surface area contributed by atoms with Crippen LogP contribution in [0.15, 0.2) is 21.8 Å². The van der Waals surface area contributed by atoms with E-state index in [-0.39, 0.29) is 33.4 Å². The lowest BCUT2D eigenvalue weighted by Gasteiger charge is -2.09. The number of nitrogens with two attached hydrogens (primary N) is 1. The second kappa shape index (κ2) is 4.71. The van der Waals surface area contributed by atoms with Crippen molar-refractivity contribution < 1.29 is 13.2 Å². The molecule has 114 valence electrons. The summed E-state index contributed by atoms with van der Waals surface area (Å²) >= 11 is 0. The van der Waals surface area contributed by atoms with E-state index in [2.05, 4.69) is 20.3 Å². The van der Waals surface area contributed by atoms with Crippen LogP contribution >= 0.6 is 0 Å². The van der Waals surface area contributed by atoms with E-state index in [9.17, 15) is 13.2 Å². The van der Waals surface area contributed by atoms with Gasteiger partial charge in [-0.15, -0.1) is 0 Å². The SMILES string of the molecule is COc1nc(C)nc(Nc2c(S(N)(=O)=O)ccc3c(=O)c23)n1. The second-order valence-electron chi connectivity index (χ2n) is 4.55. The van der Waals surface area contributed by atoms with Crippen LogP contribution < -0.4 is 20.6 Å². The molecule has 3 aromatic rings. The molecule has 0 bridgehead atoms. The van der Waals surface area contributed by atoms with Gasteiger partial charge in [0, 0.05) is 5.39 Å². The fourth-order valence-electron chi connectivity index (χ4n) is 2.03. The highest BCUT2D eigenvalue weighted by Crippen LogP contribution is 2.33. The van der Waals surface area contributed by atoms with E-state index in [1.807, 2.05) is 0 Å². The van der Waals surface area contributed by atoms with Crippen LogP contribution in [0.5, 0.6) is 6.01 Å². The number of hydrogen-bond donors (Lipinski definition) is 2. The van der Waals surface area contributed by atoms with Gasteiger partial charge in [0.25, 0.3) is 0 Å². The summed E-state index contributed by atoms with van der Waals surface area (Å²) < 4.78 is 28.3. The molecule has 0 spiro atoms. The number of fused-ring (bicyclic) bond motifs is 1. The molecule has 0 aliphatic rings. The van der Waals surface area contributed by atoms with Gasteiger partial charge in [0.15, 0.2) is 5.43 Å². The molecule has 0 fully saturated rings. The molecule has 10 heteroatoms. The van der Waals surface area contributed by atoms with Gasteiger partial charge >= 0.3 is 6.01 Å². The normalized spacial score (nSPS) is 12.0. The molecule has 0 unspecified atom stereocenters. The van der Waals surface area contributed by atoms with E-state index in [0.29, 0.717) is 11.2 Å². The Hall–Kier alpha value is -2.59. The molecule has 0 aliphatic heterocycles. The number of aromatic nitrogens is 3. The summed E-state index contributed by atoms with van der Waals surface area (Å²) in [6, 6.07) is 2.75. The third-order valence-electron chi connectivity index (χ3n) is 3.03. The first-order chi connectivity index (χ1) is 10.3. The fourth-order valence-corrected chi connectivity index (χ4v) is 2.73. The van der Waals surface area contributed by atoms with Crippen molar-refractivity contribution in [1.82, 2.24) is 15.0 Å². The molecule has 22 heavy (non-hydrogen) atoms. The van der Waals surface area contributed by atoms with Gasteiger partial charge in [-0.25, -0.2) is 13.6 Å². The highest BCUT2D eigenvalue weighted by atomic mass is 32.2. The Morgan fingerprint density at radius 1 is 1.23 bits per heavy atom. The Labute approximate surface area is 124 Å². The predicted octanol–water partition coefficient (Wildman–Crippen LogP) is -0.0314. The molecule has 9 nitrogen and oxygen atoms in total. The van der Waals surface area contributed by atoms with Gasteiger partial charge in [-0.2, -0.15) is 15.0 Å². The number of anilines is 2. The number of benzene rings is 1. The minimum atomic E-state index is -4.01. The highest BCUT2D eigenvalue weighted by molar-refractivity contribution is 7.89. The lowest BCUT2D eigenvalue weighted by atomic mass is 10.3. The van der Waals surface area contributed by atoms with Gasteiger partial charge in [0.1, 0.15) is 10.7 Å². The zero-order chi connectivity index (χ0) is 16.1. The summed E-state index contributed by atoms with van der Waals surface area (Å²) in [5.41, 5.74) is -0.173. The largest absolute Gasteiger partial charge is 0.467 e. The number of ether oxygens (including phenoxy) is 1. The average Bonchev–Trinajstić information content (AvgIpc) is 3.08. The van der Waals surface area contributed by atoms with Crippen LogP contribution in [0, 0.1) is 6.92 Å². The minimum absolute atomic E-state index is 0.0577. The zero-order valence-electron chi connectivity index (χ0n) is 11.6. The van der Waals surface area contributed by atoms with E-state index < -0.39 is 10.0 Å². The molecule has 0 saturated carbocycles. The van der Waals surface area contributed by atoms with Crippen molar-refractivity contribution >= 4 is 32.4 Å². The van der Waals surface area contributed by atoms with Crippen molar-refractivity contribution in [2.75, 3.05) is 12.4 Å².